The predicted octanol–water partition coefficient (Wildman–Crippen LogP) is 3.43. The first-order valence-corrected chi connectivity index (χ1v) is 7.34. The van der Waals surface area contributed by atoms with Crippen molar-refractivity contribution in [1.29, 1.82) is 0 Å². The summed E-state index contributed by atoms with van der Waals surface area (Å²) in [5, 5.41) is 9.28. The van der Waals surface area contributed by atoms with Gasteiger partial charge in [-0.25, -0.2) is 0 Å². The number of halogens is 1. The molecule has 0 bridgehead atoms. The van der Waals surface area contributed by atoms with E-state index in [-0.39, 0.29) is 6.10 Å². The molecule has 0 aromatic heterocycles. The second-order valence-electron chi connectivity index (χ2n) is 5.86. The molecule has 1 N–H and O–H groups in total. The fraction of sp³-hybridized carbons (Fsp3) is 0.533. The highest BCUT2D eigenvalue weighted by Gasteiger charge is 2.32. The summed E-state index contributed by atoms with van der Waals surface area (Å²) in [6, 6.07) is 1.87. The molecular formula is C15H19BrO4. The van der Waals surface area contributed by atoms with Crippen molar-refractivity contribution in [2.75, 3.05) is 7.11 Å². The van der Waals surface area contributed by atoms with E-state index in [4.69, 9.17) is 9.47 Å². The molecule has 2 rings (SSSR count). The van der Waals surface area contributed by atoms with Crippen LogP contribution in [0.1, 0.15) is 31.9 Å². The molecule has 20 heavy (non-hydrogen) atoms. The van der Waals surface area contributed by atoms with Crippen molar-refractivity contribution >= 4 is 21.9 Å². The number of hydrogen-bond donors (Lipinski definition) is 1. The molecule has 0 saturated heterocycles. The van der Waals surface area contributed by atoms with E-state index < -0.39 is 11.4 Å². The molecule has 0 spiro atoms. The Kier molecular flexibility index (Phi) is 4.00. The number of ether oxygens (including phenoxy) is 2. The first kappa shape index (κ1) is 15.2. The van der Waals surface area contributed by atoms with Crippen LogP contribution in [0.15, 0.2) is 10.5 Å². The number of fused-ring (bicyclic) bond motifs is 1. The molecule has 1 atom stereocenters. The van der Waals surface area contributed by atoms with Crippen LogP contribution in [0.5, 0.6) is 11.5 Å². The highest BCUT2D eigenvalue weighted by atomic mass is 79.9. The fourth-order valence-corrected chi connectivity index (χ4v) is 3.00. The Morgan fingerprint density at radius 1 is 1.60 bits per heavy atom. The highest BCUT2D eigenvalue weighted by Crippen LogP contribution is 2.45. The van der Waals surface area contributed by atoms with Gasteiger partial charge in [-0.3, -0.25) is 4.79 Å². The second kappa shape index (κ2) is 5.28. The van der Waals surface area contributed by atoms with Crippen LogP contribution in [0.3, 0.4) is 0 Å². The summed E-state index contributed by atoms with van der Waals surface area (Å²) in [6.45, 7) is 5.45. The van der Waals surface area contributed by atoms with Crippen molar-refractivity contribution in [3.63, 3.8) is 0 Å². The van der Waals surface area contributed by atoms with Gasteiger partial charge in [0, 0.05) is 16.5 Å². The maximum Gasteiger partial charge on any atom is 0.309 e. The van der Waals surface area contributed by atoms with Crippen molar-refractivity contribution in [3.05, 3.63) is 21.7 Å². The van der Waals surface area contributed by atoms with Gasteiger partial charge in [0.15, 0.2) is 11.5 Å². The summed E-state index contributed by atoms with van der Waals surface area (Å²) in [5.74, 6) is 0.626. The number of hydrogen-bond acceptors (Lipinski definition) is 3. The summed E-state index contributed by atoms with van der Waals surface area (Å²) in [6.07, 6.45) is 1.34. The number of carbonyl (C=O) groups is 1. The van der Waals surface area contributed by atoms with Gasteiger partial charge in [0.2, 0.25) is 0 Å². The van der Waals surface area contributed by atoms with Crippen LogP contribution in [0.4, 0.5) is 0 Å². The van der Waals surface area contributed by atoms with Gasteiger partial charge in [0.25, 0.3) is 0 Å². The highest BCUT2D eigenvalue weighted by molar-refractivity contribution is 9.10. The van der Waals surface area contributed by atoms with Gasteiger partial charge in [-0.15, -0.1) is 0 Å². The van der Waals surface area contributed by atoms with E-state index in [1.807, 2.05) is 13.0 Å². The molecule has 1 aromatic carbocycles. The van der Waals surface area contributed by atoms with E-state index in [2.05, 4.69) is 15.9 Å². The van der Waals surface area contributed by atoms with Gasteiger partial charge in [-0.05, 0) is 38.8 Å². The minimum atomic E-state index is -0.827. The van der Waals surface area contributed by atoms with E-state index in [1.165, 1.54) is 0 Å². The van der Waals surface area contributed by atoms with Crippen LogP contribution in [-0.2, 0) is 17.6 Å². The molecule has 0 aliphatic carbocycles. The maximum absolute atomic E-state index is 11.3. The summed E-state index contributed by atoms with van der Waals surface area (Å²) in [5.41, 5.74) is 1.17. The third kappa shape index (κ3) is 2.64. The molecule has 1 aliphatic rings. The van der Waals surface area contributed by atoms with Crippen molar-refractivity contribution < 1.29 is 19.4 Å². The minimum absolute atomic E-state index is 0.109. The lowest BCUT2D eigenvalue weighted by Gasteiger charge is -2.21. The van der Waals surface area contributed by atoms with Crippen molar-refractivity contribution in [3.8, 4) is 11.5 Å². The molecule has 4 nitrogen and oxygen atoms in total. The third-order valence-electron chi connectivity index (χ3n) is 3.59. The molecule has 0 radical (unpaired) electrons. The summed E-state index contributed by atoms with van der Waals surface area (Å²) in [4.78, 5) is 11.3. The first-order valence-electron chi connectivity index (χ1n) is 6.54. The van der Waals surface area contributed by atoms with Gasteiger partial charge in [-0.2, -0.15) is 0 Å². The van der Waals surface area contributed by atoms with Gasteiger partial charge in [0.1, 0.15) is 6.10 Å². The normalized spacial score (nSPS) is 17.6. The van der Waals surface area contributed by atoms with Gasteiger partial charge >= 0.3 is 5.97 Å². The average Bonchev–Trinajstić information content (AvgIpc) is 2.74. The quantitative estimate of drug-likeness (QED) is 0.910. The Balaban J connectivity index is 2.46. The zero-order valence-electron chi connectivity index (χ0n) is 12.1. The Morgan fingerprint density at radius 3 is 2.80 bits per heavy atom. The lowest BCUT2D eigenvalue weighted by molar-refractivity contribution is -0.146. The Morgan fingerprint density at radius 2 is 2.25 bits per heavy atom. The lowest BCUT2D eigenvalue weighted by atomic mass is 9.85. The zero-order valence-corrected chi connectivity index (χ0v) is 13.7. The summed E-state index contributed by atoms with van der Waals surface area (Å²) in [7, 11) is 1.60. The molecule has 1 aliphatic heterocycles. The molecule has 5 heteroatoms. The number of rotatable bonds is 4. The maximum atomic E-state index is 11.3. The number of aliphatic carboxylic acids is 1. The number of benzene rings is 1. The molecule has 1 unspecified atom stereocenters. The van der Waals surface area contributed by atoms with Crippen LogP contribution in [-0.4, -0.2) is 24.3 Å². The van der Waals surface area contributed by atoms with Crippen molar-refractivity contribution in [2.24, 2.45) is 5.41 Å². The summed E-state index contributed by atoms with van der Waals surface area (Å²) < 4.78 is 12.1. The van der Waals surface area contributed by atoms with E-state index >= 15 is 0 Å². The average molecular weight is 343 g/mol. The van der Waals surface area contributed by atoms with E-state index in [0.29, 0.717) is 12.2 Å². The van der Waals surface area contributed by atoms with E-state index in [0.717, 1.165) is 27.8 Å². The molecule has 110 valence electrons. The second-order valence-corrected chi connectivity index (χ2v) is 6.65. The van der Waals surface area contributed by atoms with Gasteiger partial charge in [0.05, 0.1) is 12.5 Å². The predicted molar refractivity (Wildman–Crippen MR) is 79.6 cm³/mol. The molecule has 1 heterocycles. The molecular weight excluding hydrogens is 324 g/mol. The minimum Gasteiger partial charge on any atom is -0.493 e. The lowest BCUT2D eigenvalue weighted by Crippen LogP contribution is -2.26. The first-order chi connectivity index (χ1) is 9.26. The SMILES string of the molecule is COc1cc(CC(C)(C)C(=O)O)c(Br)c2c1OC(C)C2. The van der Waals surface area contributed by atoms with Crippen LogP contribution in [0.25, 0.3) is 0 Å². The van der Waals surface area contributed by atoms with E-state index in [1.54, 1.807) is 21.0 Å². The Bertz CT molecular complexity index is 551. The third-order valence-corrected chi connectivity index (χ3v) is 4.58. The van der Waals surface area contributed by atoms with E-state index in [9.17, 15) is 9.90 Å². The van der Waals surface area contributed by atoms with Gasteiger partial charge < -0.3 is 14.6 Å². The number of carboxylic acid groups (broad SMARTS) is 1. The Labute approximate surface area is 127 Å². The van der Waals surface area contributed by atoms with Crippen molar-refractivity contribution in [2.45, 2.75) is 39.7 Å². The molecule has 1 aromatic rings. The molecule has 0 amide bonds. The molecule has 0 saturated carbocycles. The van der Waals surface area contributed by atoms with Crippen LogP contribution in [0, 0.1) is 5.41 Å². The largest absolute Gasteiger partial charge is 0.493 e. The van der Waals surface area contributed by atoms with Crippen LogP contribution in [0.2, 0.25) is 0 Å². The topological polar surface area (TPSA) is 55.8 Å². The number of carboxylic acids is 1. The van der Waals surface area contributed by atoms with Crippen LogP contribution < -0.4 is 9.47 Å². The monoisotopic (exact) mass is 342 g/mol. The number of methoxy groups -OCH3 is 1. The van der Waals surface area contributed by atoms with Gasteiger partial charge in [-0.1, -0.05) is 15.9 Å². The summed E-state index contributed by atoms with van der Waals surface area (Å²) >= 11 is 3.60. The Hall–Kier alpha value is -1.23. The van der Waals surface area contributed by atoms with Crippen LogP contribution >= 0.6 is 15.9 Å². The zero-order chi connectivity index (χ0) is 15.1. The smallest absolute Gasteiger partial charge is 0.309 e. The molecule has 0 fully saturated rings. The van der Waals surface area contributed by atoms with Crippen molar-refractivity contribution in [1.82, 2.24) is 0 Å². The standard InChI is InChI=1S/C15H19BrO4/c1-8-5-10-12(16)9(7-15(2,3)14(17)18)6-11(19-4)13(10)20-8/h6,8H,5,7H2,1-4H3,(H,17,18). The fourth-order valence-electron chi connectivity index (χ4n) is 2.40.